The van der Waals surface area contributed by atoms with Crippen LogP contribution in [0.4, 0.5) is 0 Å². The van der Waals surface area contributed by atoms with Gasteiger partial charge in [-0.1, -0.05) is 30.3 Å². The minimum absolute atomic E-state index is 0.376. The molecular formula is C14H21NO3. The van der Waals surface area contributed by atoms with Gasteiger partial charge in [0, 0.05) is 6.04 Å². The number of hydrogen-bond acceptors (Lipinski definition) is 4. The van der Waals surface area contributed by atoms with E-state index in [0.717, 1.165) is 19.4 Å². The average molecular weight is 251 g/mol. The summed E-state index contributed by atoms with van der Waals surface area (Å²) in [6.07, 6.45) is 2.44. The summed E-state index contributed by atoms with van der Waals surface area (Å²) in [5, 5.41) is 0. The Labute approximate surface area is 108 Å². The zero-order valence-electron chi connectivity index (χ0n) is 10.7. The van der Waals surface area contributed by atoms with Crippen molar-refractivity contribution in [3.8, 4) is 0 Å². The predicted molar refractivity (Wildman–Crippen MR) is 69.9 cm³/mol. The van der Waals surface area contributed by atoms with Gasteiger partial charge in [-0.05, 0) is 25.3 Å². The summed E-state index contributed by atoms with van der Waals surface area (Å²) in [4.78, 5) is 9.18. The quantitative estimate of drug-likeness (QED) is 0.812. The Morgan fingerprint density at radius 2 is 2.00 bits per heavy atom. The van der Waals surface area contributed by atoms with Crippen LogP contribution in [0.1, 0.15) is 25.3 Å². The fraction of sp³-hybridized carbons (Fsp3) is 0.500. The summed E-state index contributed by atoms with van der Waals surface area (Å²) < 4.78 is 9.81. The van der Waals surface area contributed by atoms with Gasteiger partial charge in [-0.3, -0.25) is 4.79 Å². The average Bonchev–Trinajstić information content (AvgIpc) is 2.36. The maximum absolute atomic E-state index is 9.18. The van der Waals surface area contributed by atoms with Gasteiger partial charge in [-0.2, -0.15) is 0 Å². The molecule has 0 heterocycles. The van der Waals surface area contributed by atoms with Crippen LogP contribution in [0.25, 0.3) is 0 Å². The van der Waals surface area contributed by atoms with Crippen LogP contribution in [0.15, 0.2) is 30.3 Å². The topological polar surface area (TPSA) is 61.5 Å². The number of nitrogens with two attached hydrogens (primary N) is 1. The molecule has 0 atom stereocenters. The molecule has 4 heteroatoms. The lowest BCUT2D eigenvalue weighted by Gasteiger charge is -2.32. The van der Waals surface area contributed by atoms with Gasteiger partial charge in [0.15, 0.2) is 0 Å². The van der Waals surface area contributed by atoms with E-state index < -0.39 is 0 Å². The summed E-state index contributed by atoms with van der Waals surface area (Å²) in [5.74, 6) is 0. The fourth-order valence-corrected chi connectivity index (χ4v) is 1.60. The molecule has 0 saturated heterocycles. The molecule has 1 fully saturated rings. The Kier molecular flexibility index (Phi) is 7.06. The van der Waals surface area contributed by atoms with Gasteiger partial charge in [0.05, 0.1) is 19.3 Å². The maximum Gasteiger partial charge on any atom is 0.293 e. The molecular weight excluding hydrogens is 230 g/mol. The summed E-state index contributed by atoms with van der Waals surface area (Å²) in [7, 11) is 0. The molecule has 1 aromatic carbocycles. The van der Waals surface area contributed by atoms with E-state index >= 15 is 0 Å². The normalized spacial score (nSPS) is 21.2. The second kappa shape index (κ2) is 8.66. The third-order valence-electron chi connectivity index (χ3n) is 2.69. The molecule has 0 aromatic heterocycles. The van der Waals surface area contributed by atoms with Crippen molar-refractivity contribution in [2.24, 2.45) is 5.73 Å². The molecule has 0 bridgehead atoms. The van der Waals surface area contributed by atoms with Crippen LogP contribution in [-0.4, -0.2) is 25.2 Å². The van der Waals surface area contributed by atoms with E-state index in [-0.39, 0.29) is 0 Å². The number of ether oxygens (including phenoxy) is 2. The van der Waals surface area contributed by atoms with Crippen LogP contribution in [0, 0.1) is 0 Å². The SMILES string of the molecule is CCOC=O.NC1CC(OCc2ccccc2)C1. The summed E-state index contributed by atoms with van der Waals surface area (Å²) in [6.45, 7) is 3.39. The van der Waals surface area contributed by atoms with Gasteiger partial charge in [0.2, 0.25) is 0 Å². The molecule has 1 aliphatic rings. The lowest BCUT2D eigenvalue weighted by atomic mass is 9.90. The van der Waals surface area contributed by atoms with Crippen molar-refractivity contribution in [3.05, 3.63) is 35.9 Å². The first-order valence-corrected chi connectivity index (χ1v) is 6.22. The molecule has 0 spiro atoms. The minimum atomic E-state index is 0.376. The van der Waals surface area contributed by atoms with Crippen LogP contribution in [0.2, 0.25) is 0 Å². The van der Waals surface area contributed by atoms with Crippen LogP contribution in [0.3, 0.4) is 0 Å². The molecule has 1 aromatic rings. The first kappa shape index (κ1) is 14.7. The van der Waals surface area contributed by atoms with E-state index in [1.807, 2.05) is 18.2 Å². The van der Waals surface area contributed by atoms with Crippen molar-refractivity contribution < 1.29 is 14.3 Å². The van der Waals surface area contributed by atoms with Crippen LogP contribution in [-0.2, 0) is 20.9 Å². The standard InChI is InChI=1S/C11H15NO.C3H6O2/c12-10-6-11(7-10)13-8-9-4-2-1-3-5-9;1-2-5-3-4/h1-5,10-11H,6-8,12H2;3H,2H2,1H3. The van der Waals surface area contributed by atoms with Crippen molar-refractivity contribution in [3.63, 3.8) is 0 Å². The Bertz CT molecular complexity index is 323. The van der Waals surface area contributed by atoms with E-state index in [2.05, 4.69) is 16.9 Å². The Balaban J connectivity index is 0.000000280. The number of carbonyl (C=O) groups is 1. The summed E-state index contributed by atoms with van der Waals surface area (Å²) in [6, 6.07) is 10.6. The molecule has 18 heavy (non-hydrogen) atoms. The van der Waals surface area contributed by atoms with E-state index in [1.165, 1.54) is 5.56 Å². The Hall–Kier alpha value is -1.39. The number of rotatable bonds is 5. The Morgan fingerprint density at radius 3 is 2.44 bits per heavy atom. The van der Waals surface area contributed by atoms with E-state index in [9.17, 15) is 4.79 Å². The molecule has 0 amide bonds. The highest BCUT2D eigenvalue weighted by Gasteiger charge is 2.26. The monoisotopic (exact) mass is 251 g/mol. The molecule has 0 radical (unpaired) electrons. The van der Waals surface area contributed by atoms with Gasteiger partial charge in [0.25, 0.3) is 6.47 Å². The van der Waals surface area contributed by atoms with Crippen LogP contribution in [0.5, 0.6) is 0 Å². The first-order chi connectivity index (χ1) is 8.76. The largest absolute Gasteiger partial charge is 0.468 e. The van der Waals surface area contributed by atoms with Gasteiger partial charge < -0.3 is 15.2 Å². The lowest BCUT2D eigenvalue weighted by molar-refractivity contribution is -0.128. The highest BCUT2D eigenvalue weighted by atomic mass is 16.5. The minimum Gasteiger partial charge on any atom is -0.468 e. The highest BCUT2D eigenvalue weighted by Crippen LogP contribution is 2.22. The third-order valence-corrected chi connectivity index (χ3v) is 2.69. The first-order valence-electron chi connectivity index (χ1n) is 6.22. The predicted octanol–water partition coefficient (Wildman–Crippen LogP) is 1.87. The molecule has 1 aliphatic carbocycles. The van der Waals surface area contributed by atoms with Crippen LogP contribution >= 0.6 is 0 Å². The van der Waals surface area contributed by atoms with Gasteiger partial charge in [-0.15, -0.1) is 0 Å². The number of benzene rings is 1. The van der Waals surface area contributed by atoms with Crippen molar-refractivity contribution in [1.82, 2.24) is 0 Å². The number of hydrogen-bond donors (Lipinski definition) is 1. The smallest absolute Gasteiger partial charge is 0.293 e. The maximum atomic E-state index is 9.18. The van der Waals surface area contributed by atoms with Crippen molar-refractivity contribution >= 4 is 6.47 Å². The number of carbonyl (C=O) groups excluding carboxylic acids is 1. The molecule has 1 saturated carbocycles. The summed E-state index contributed by atoms with van der Waals surface area (Å²) in [5.41, 5.74) is 6.90. The molecule has 4 nitrogen and oxygen atoms in total. The second-order valence-corrected chi connectivity index (χ2v) is 4.20. The van der Waals surface area contributed by atoms with Gasteiger partial charge in [-0.25, -0.2) is 0 Å². The lowest BCUT2D eigenvalue weighted by Crippen LogP contribution is -2.41. The van der Waals surface area contributed by atoms with E-state index in [4.69, 9.17) is 10.5 Å². The zero-order chi connectivity index (χ0) is 13.2. The third kappa shape index (κ3) is 5.80. The molecule has 2 rings (SSSR count). The van der Waals surface area contributed by atoms with Crippen molar-refractivity contribution in [2.45, 2.75) is 38.5 Å². The van der Waals surface area contributed by atoms with Crippen molar-refractivity contribution in [1.29, 1.82) is 0 Å². The fourth-order valence-electron chi connectivity index (χ4n) is 1.60. The van der Waals surface area contributed by atoms with Gasteiger partial charge in [0.1, 0.15) is 0 Å². The van der Waals surface area contributed by atoms with Crippen LogP contribution < -0.4 is 5.73 Å². The molecule has 100 valence electrons. The van der Waals surface area contributed by atoms with E-state index in [1.54, 1.807) is 6.92 Å². The highest BCUT2D eigenvalue weighted by molar-refractivity contribution is 5.36. The second-order valence-electron chi connectivity index (χ2n) is 4.20. The van der Waals surface area contributed by atoms with Crippen molar-refractivity contribution in [2.75, 3.05) is 6.61 Å². The molecule has 0 aliphatic heterocycles. The Morgan fingerprint density at radius 1 is 1.33 bits per heavy atom. The molecule has 0 unspecified atom stereocenters. The molecule has 2 N–H and O–H groups in total. The zero-order valence-corrected chi connectivity index (χ0v) is 10.7. The summed E-state index contributed by atoms with van der Waals surface area (Å²) >= 11 is 0. The van der Waals surface area contributed by atoms with Gasteiger partial charge >= 0.3 is 0 Å². The van der Waals surface area contributed by atoms with E-state index in [0.29, 0.717) is 25.2 Å².